The average Bonchev–Trinajstić information content (AvgIpc) is 2.37. The number of carbonyl (C=O) groups excluding carboxylic acids is 1. The largest absolute Gasteiger partial charge is 0.573 e. The van der Waals surface area contributed by atoms with Gasteiger partial charge in [0.25, 0.3) is 0 Å². The first-order valence-electron chi connectivity index (χ1n) is 5.83. The molecule has 0 aliphatic rings. The fraction of sp³-hybridized carbons (Fsp3) is 0.385. The normalized spacial score (nSPS) is 10.7. The van der Waals surface area contributed by atoms with Crippen LogP contribution in [0, 0.1) is 11.3 Å². The van der Waals surface area contributed by atoms with Crippen LogP contribution in [0.3, 0.4) is 0 Å². The van der Waals surface area contributed by atoms with Crippen molar-refractivity contribution in [3.8, 4) is 17.6 Å². The highest BCUT2D eigenvalue weighted by molar-refractivity contribution is 5.74. The third kappa shape index (κ3) is 4.87. The molecule has 0 N–H and O–H groups in total. The molecular formula is C13H12F3NO4. The van der Waals surface area contributed by atoms with Gasteiger partial charge in [0.05, 0.1) is 25.7 Å². The highest BCUT2D eigenvalue weighted by Gasteiger charge is 2.32. The van der Waals surface area contributed by atoms with Gasteiger partial charge in [-0.3, -0.25) is 4.79 Å². The lowest BCUT2D eigenvalue weighted by atomic mass is 10.1. The second kappa shape index (κ2) is 6.83. The lowest BCUT2D eigenvalue weighted by molar-refractivity contribution is -0.274. The van der Waals surface area contributed by atoms with Gasteiger partial charge in [-0.25, -0.2) is 0 Å². The summed E-state index contributed by atoms with van der Waals surface area (Å²) in [5, 5.41) is 8.85. The number of methoxy groups -OCH3 is 1. The summed E-state index contributed by atoms with van der Waals surface area (Å²) in [5.41, 5.74) is -0.217. The van der Waals surface area contributed by atoms with Crippen molar-refractivity contribution in [2.75, 3.05) is 13.7 Å². The van der Waals surface area contributed by atoms with Crippen LogP contribution in [0.4, 0.5) is 13.2 Å². The van der Waals surface area contributed by atoms with Crippen molar-refractivity contribution in [2.24, 2.45) is 0 Å². The molecule has 5 nitrogen and oxygen atoms in total. The van der Waals surface area contributed by atoms with Crippen LogP contribution in [0.1, 0.15) is 18.1 Å². The van der Waals surface area contributed by atoms with Crippen LogP contribution in [0.25, 0.3) is 0 Å². The van der Waals surface area contributed by atoms with Crippen molar-refractivity contribution in [1.29, 1.82) is 5.26 Å². The van der Waals surface area contributed by atoms with Crippen molar-refractivity contribution in [1.82, 2.24) is 0 Å². The Kier molecular flexibility index (Phi) is 5.41. The van der Waals surface area contributed by atoms with Gasteiger partial charge in [0, 0.05) is 11.6 Å². The van der Waals surface area contributed by atoms with Crippen LogP contribution < -0.4 is 9.47 Å². The van der Waals surface area contributed by atoms with Gasteiger partial charge in [-0.05, 0) is 13.0 Å². The molecule has 21 heavy (non-hydrogen) atoms. The zero-order valence-electron chi connectivity index (χ0n) is 11.3. The number of halogens is 3. The average molecular weight is 303 g/mol. The molecular weight excluding hydrogens is 291 g/mol. The zero-order chi connectivity index (χ0) is 16.0. The minimum atomic E-state index is -4.94. The fourth-order valence-corrected chi connectivity index (χ4v) is 1.59. The third-order valence-corrected chi connectivity index (χ3v) is 2.37. The van der Waals surface area contributed by atoms with Crippen molar-refractivity contribution >= 4 is 5.97 Å². The lowest BCUT2D eigenvalue weighted by Crippen LogP contribution is -2.18. The van der Waals surface area contributed by atoms with E-state index < -0.39 is 18.1 Å². The number of rotatable bonds is 5. The summed E-state index contributed by atoms with van der Waals surface area (Å²) in [6, 6.07) is 3.60. The number of benzene rings is 1. The summed E-state index contributed by atoms with van der Waals surface area (Å²) in [5.74, 6) is -1.21. The summed E-state index contributed by atoms with van der Waals surface area (Å²) in [6.45, 7) is 1.75. The van der Waals surface area contributed by atoms with E-state index in [0.717, 1.165) is 12.1 Å². The molecule has 0 amide bonds. The molecule has 114 valence electrons. The Morgan fingerprint density at radius 1 is 1.33 bits per heavy atom. The molecule has 0 saturated heterocycles. The van der Waals surface area contributed by atoms with Crippen molar-refractivity contribution in [2.45, 2.75) is 19.7 Å². The fourth-order valence-electron chi connectivity index (χ4n) is 1.59. The Hall–Kier alpha value is -2.43. The molecule has 0 fully saturated rings. The molecule has 0 aromatic heterocycles. The number of ether oxygens (including phenoxy) is 3. The van der Waals surface area contributed by atoms with Gasteiger partial charge in [-0.15, -0.1) is 13.2 Å². The van der Waals surface area contributed by atoms with Crippen LogP contribution >= 0.6 is 0 Å². The molecule has 0 unspecified atom stereocenters. The van der Waals surface area contributed by atoms with Gasteiger partial charge >= 0.3 is 12.3 Å². The van der Waals surface area contributed by atoms with Crippen molar-refractivity contribution in [3.05, 3.63) is 23.3 Å². The minimum Gasteiger partial charge on any atom is -0.496 e. The first kappa shape index (κ1) is 16.6. The van der Waals surface area contributed by atoms with Crippen LogP contribution in [0.5, 0.6) is 11.5 Å². The number of esters is 1. The maximum atomic E-state index is 12.3. The van der Waals surface area contributed by atoms with Gasteiger partial charge < -0.3 is 14.2 Å². The van der Waals surface area contributed by atoms with E-state index in [-0.39, 0.29) is 29.9 Å². The summed E-state index contributed by atoms with van der Waals surface area (Å²) in [4.78, 5) is 11.4. The molecule has 0 atom stereocenters. The molecule has 0 saturated carbocycles. The van der Waals surface area contributed by atoms with E-state index in [2.05, 4.69) is 4.74 Å². The molecule has 1 aromatic carbocycles. The SMILES string of the molecule is CCOC(=O)Cc1cc(OC(F)(F)F)c(C#N)cc1OC. The van der Waals surface area contributed by atoms with Crippen molar-refractivity contribution in [3.63, 3.8) is 0 Å². The number of carbonyl (C=O) groups is 1. The van der Waals surface area contributed by atoms with Gasteiger partial charge in [0.1, 0.15) is 17.6 Å². The van der Waals surface area contributed by atoms with Gasteiger partial charge in [-0.2, -0.15) is 5.26 Å². The molecule has 1 rings (SSSR count). The van der Waals surface area contributed by atoms with Crippen LogP contribution in [-0.4, -0.2) is 26.0 Å². The minimum absolute atomic E-state index is 0.106. The summed E-state index contributed by atoms with van der Waals surface area (Å²) in [7, 11) is 1.27. The van der Waals surface area contributed by atoms with E-state index in [4.69, 9.17) is 14.7 Å². The first-order chi connectivity index (χ1) is 9.80. The molecule has 8 heteroatoms. The third-order valence-electron chi connectivity index (χ3n) is 2.37. The maximum Gasteiger partial charge on any atom is 0.573 e. The lowest BCUT2D eigenvalue weighted by Gasteiger charge is -2.14. The predicted molar refractivity (Wildman–Crippen MR) is 64.7 cm³/mol. The Labute approximate surface area is 118 Å². The van der Waals surface area contributed by atoms with E-state index in [0.29, 0.717) is 0 Å². The standard InChI is InChI=1S/C13H12F3NO4/c1-3-20-12(18)6-8-4-11(21-13(14,15)16)9(7-17)5-10(8)19-2/h4-5H,3,6H2,1-2H3. The number of hydrogen-bond donors (Lipinski definition) is 0. The highest BCUT2D eigenvalue weighted by atomic mass is 19.4. The maximum absolute atomic E-state index is 12.3. The summed E-state index contributed by atoms with van der Waals surface area (Å²) < 4.78 is 50.4. The van der Waals surface area contributed by atoms with E-state index in [9.17, 15) is 18.0 Å². The Balaban J connectivity index is 3.20. The molecule has 1 aromatic rings. The van der Waals surface area contributed by atoms with Crippen LogP contribution in [0.15, 0.2) is 12.1 Å². The number of nitrogens with zero attached hydrogens (tertiary/aromatic N) is 1. The number of alkyl halides is 3. The smallest absolute Gasteiger partial charge is 0.496 e. The van der Waals surface area contributed by atoms with Gasteiger partial charge in [0.2, 0.25) is 0 Å². The Morgan fingerprint density at radius 2 is 2.00 bits per heavy atom. The predicted octanol–water partition coefficient (Wildman–Crippen LogP) is 2.57. The second-order valence-corrected chi connectivity index (χ2v) is 3.80. The molecule has 0 aliphatic heterocycles. The number of hydrogen-bond acceptors (Lipinski definition) is 5. The van der Waals surface area contributed by atoms with Crippen LogP contribution in [0.2, 0.25) is 0 Å². The molecule has 0 aliphatic carbocycles. The quantitative estimate of drug-likeness (QED) is 0.782. The number of nitriles is 1. The van der Waals surface area contributed by atoms with Crippen molar-refractivity contribution < 1.29 is 32.2 Å². The molecule has 0 radical (unpaired) electrons. The van der Waals surface area contributed by atoms with Gasteiger partial charge in [-0.1, -0.05) is 0 Å². The Morgan fingerprint density at radius 3 is 2.48 bits per heavy atom. The van der Waals surface area contributed by atoms with E-state index >= 15 is 0 Å². The molecule has 0 spiro atoms. The second-order valence-electron chi connectivity index (χ2n) is 3.80. The molecule has 0 bridgehead atoms. The highest BCUT2D eigenvalue weighted by Crippen LogP contribution is 2.32. The molecule has 0 heterocycles. The zero-order valence-corrected chi connectivity index (χ0v) is 11.3. The summed E-state index contributed by atoms with van der Waals surface area (Å²) in [6.07, 6.45) is -5.24. The van der Waals surface area contributed by atoms with E-state index in [1.807, 2.05) is 0 Å². The van der Waals surface area contributed by atoms with E-state index in [1.165, 1.54) is 7.11 Å². The van der Waals surface area contributed by atoms with E-state index in [1.54, 1.807) is 13.0 Å². The Bertz CT molecular complexity index is 564. The topological polar surface area (TPSA) is 68.5 Å². The van der Waals surface area contributed by atoms with Crippen LogP contribution in [-0.2, 0) is 16.0 Å². The summed E-state index contributed by atoms with van der Waals surface area (Å²) >= 11 is 0. The van der Waals surface area contributed by atoms with Gasteiger partial charge in [0.15, 0.2) is 0 Å². The first-order valence-corrected chi connectivity index (χ1v) is 5.83. The monoisotopic (exact) mass is 303 g/mol.